The second-order valence-corrected chi connectivity index (χ2v) is 6.86. The molecule has 6 heteroatoms. The van der Waals surface area contributed by atoms with Crippen molar-refractivity contribution in [3.8, 4) is 0 Å². The van der Waals surface area contributed by atoms with Crippen LogP contribution in [0, 0.1) is 5.41 Å². The van der Waals surface area contributed by atoms with Crippen LogP contribution in [-0.2, 0) is 19.1 Å². The molecule has 23 heavy (non-hydrogen) atoms. The van der Waals surface area contributed by atoms with Crippen molar-refractivity contribution in [3.05, 3.63) is 0 Å². The Balaban J connectivity index is 2.01. The zero-order valence-electron chi connectivity index (χ0n) is 13.7. The van der Waals surface area contributed by atoms with Crippen molar-refractivity contribution >= 4 is 11.9 Å². The number of hydrogen-bond acceptors (Lipinski definition) is 4. The van der Waals surface area contributed by atoms with E-state index < -0.39 is 23.1 Å². The van der Waals surface area contributed by atoms with Crippen LogP contribution in [-0.4, -0.2) is 41.2 Å². The molecule has 2 fully saturated rings. The Labute approximate surface area is 137 Å². The number of carbonyl (C=O) groups is 2. The maximum atomic E-state index is 11.4. The molecule has 1 spiro atoms. The number of aliphatic carboxylic acids is 2. The third-order valence-corrected chi connectivity index (χ3v) is 5.10. The lowest BCUT2D eigenvalue weighted by Gasteiger charge is -2.43. The summed E-state index contributed by atoms with van der Waals surface area (Å²) in [6.07, 6.45) is 11.8. The first-order valence-electron chi connectivity index (χ1n) is 8.76. The number of hydrogen-bond donors (Lipinski definition) is 2. The van der Waals surface area contributed by atoms with Gasteiger partial charge in [0.2, 0.25) is 5.41 Å². The van der Waals surface area contributed by atoms with Crippen molar-refractivity contribution in [3.63, 3.8) is 0 Å². The van der Waals surface area contributed by atoms with E-state index in [4.69, 9.17) is 9.47 Å². The summed E-state index contributed by atoms with van der Waals surface area (Å²) in [6.45, 7) is -0.644. The molecule has 0 atom stereocenters. The van der Waals surface area contributed by atoms with Gasteiger partial charge in [0.1, 0.15) is 0 Å². The van der Waals surface area contributed by atoms with Gasteiger partial charge in [0.15, 0.2) is 5.79 Å². The molecule has 132 valence electrons. The Morgan fingerprint density at radius 2 is 1.00 bits per heavy atom. The van der Waals surface area contributed by atoms with E-state index in [-0.39, 0.29) is 13.2 Å². The van der Waals surface area contributed by atoms with E-state index in [0.717, 1.165) is 25.7 Å². The van der Waals surface area contributed by atoms with Crippen LogP contribution < -0.4 is 0 Å². The van der Waals surface area contributed by atoms with E-state index in [1.165, 1.54) is 32.1 Å². The second kappa shape index (κ2) is 8.11. The molecule has 0 aromatic rings. The van der Waals surface area contributed by atoms with Crippen LogP contribution in [0.3, 0.4) is 0 Å². The molecule has 0 amide bonds. The summed E-state index contributed by atoms with van der Waals surface area (Å²) in [5, 5.41) is 18.5. The topological polar surface area (TPSA) is 93.1 Å². The Morgan fingerprint density at radius 3 is 1.35 bits per heavy atom. The van der Waals surface area contributed by atoms with E-state index in [2.05, 4.69) is 0 Å². The first-order chi connectivity index (χ1) is 11.0. The van der Waals surface area contributed by atoms with Gasteiger partial charge in [-0.3, -0.25) is 9.59 Å². The molecule has 0 radical (unpaired) electrons. The van der Waals surface area contributed by atoms with Crippen molar-refractivity contribution < 1.29 is 29.3 Å². The van der Waals surface area contributed by atoms with Crippen LogP contribution in [0.5, 0.6) is 0 Å². The summed E-state index contributed by atoms with van der Waals surface area (Å²) in [4.78, 5) is 22.7. The number of carboxylic acids is 2. The van der Waals surface area contributed by atoms with Gasteiger partial charge in [-0.15, -0.1) is 0 Å². The fraction of sp³-hybridized carbons (Fsp3) is 0.882. The van der Waals surface area contributed by atoms with Crippen LogP contribution in [0.1, 0.15) is 70.6 Å². The van der Waals surface area contributed by atoms with E-state index in [1.54, 1.807) is 0 Å². The lowest BCUT2D eigenvalue weighted by Crippen LogP contribution is -2.56. The molecule has 0 aromatic heterocycles. The molecule has 1 aliphatic heterocycles. The molecular weight excluding hydrogens is 300 g/mol. The van der Waals surface area contributed by atoms with Gasteiger partial charge in [-0.05, 0) is 12.8 Å². The SMILES string of the molecule is O=C(O)C1(C(=O)O)COC2(CCCCCCCCCCC2)OC1. The minimum absolute atomic E-state index is 0.322. The minimum atomic E-state index is -1.98. The summed E-state index contributed by atoms with van der Waals surface area (Å²) < 4.78 is 11.5. The first-order valence-corrected chi connectivity index (χ1v) is 8.76. The van der Waals surface area contributed by atoms with Gasteiger partial charge >= 0.3 is 11.9 Å². The van der Waals surface area contributed by atoms with Gasteiger partial charge in [-0.2, -0.15) is 0 Å². The van der Waals surface area contributed by atoms with Crippen LogP contribution in [0.2, 0.25) is 0 Å². The molecule has 0 unspecified atom stereocenters. The highest BCUT2D eigenvalue weighted by Crippen LogP contribution is 2.37. The van der Waals surface area contributed by atoms with Crippen molar-refractivity contribution in [2.45, 2.75) is 76.4 Å². The molecule has 6 nitrogen and oxygen atoms in total. The molecule has 2 rings (SSSR count). The van der Waals surface area contributed by atoms with E-state index in [9.17, 15) is 19.8 Å². The Bertz CT molecular complexity index is 381. The van der Waals surface area contributed by atoms with Gasteiger partial charge in [-0.25, -0.2) is 0 Å². The first kappa shape index (κ1) is 18.2. The van der Waals surface area contributed by atoms with Gasteiger partial charge in [0, 0.05) is 12.8 Å². The van der Waals surface area contributed by atoms with E-state index in [1.807, 2.05) is 0 Å². The fourth-order valence-electron chi connectivity index (χ4n) is 3.37. The third kappa shape index (κ3) is 4.44. The Hall–Kier alpha value is -1.14. The second-order valence-electron chi connectivity index (χ2n) is 6.86. The van der Waals surface area contributed by atoms with Crippen molar-refractivity contribution in [2.24, 2.45) is 5.41 Å². The largest absolute Gasteiger partial charge is 0.480 e. The van der Waals surface area contributed by atoms with E-state index in [0.29, 0.717) is 12.8 Å². The normalized spacial score (nSPS) is 25.9. The van der Waals surface area contributed by atoms with Crippen molar-refractivity contribution in [2.75, 3.05) is 13.2 Å². The zero-order valence-corrected chi connectivity index (χ0v) is 13.7. The molecule has 1 saturated carbocycles. The standard InChI is InChI=1S/C17H28O6/c18-14(19)16(15(20)21)12-22-17(23-13-16)10-8-6-4-2-1-3-5-7-9-11-17/h1-13H2,(H,18,19)(H,20,21). The average Bonchev–Trinajstić information content (AvgIpc) is 2.51. The molecule has 0 aromatic carbocycles. The third-order valence-electron chi connectivity index (χ3n) is 5.10. The molecular formula is C17H28O6. The lowest BCUT2D eigenvalue weighted by molar-refractivity contribution is -0.305. The van der Waals surface area contributed by atoms with Crippen LogP contribution >= 0.6 is 0 Å². The maximum absolute atomic E-state index is 11.4. The summed E-state index contributed by atoms with van der Waals surface area (Å²) >= 11 is 0. The predicted octanol–water partition coefficient (Wildman–Crippen LogP) is 3.19. The summed E-state index contributed by atoms with van der Waals surface area (Å²) in [5.74, 6) is -3.59. The van der Waals surface area contributed by atoms with Crippen LogP contribution in [0.4, 0.5) is 0 Å². The van der Waals surface area contributed by atoms with Gasteiger partial charge < -0.3 is 19.7 Å². The maximum Gasteiger partial charge on any atom is 0.325 e. The number of carboxylic acid groups (broad SMARTS) is 2. The molecule has 1 heterocycles. The van der Waals surface area contributed by atoms with Gasteiger partial charge in [0.05, 0.1) is 13.2 Å². The van der Waals surface area contributed by atoms with Gasteiger partial charge in [-0.1, -0.05) is 44.9 Å². The van der Waals surface area contributed by atoms with Crippen molar-refractivity contribution in [1.82, 2.24) is 0 Å². The molecule has 0 bridgehead atoms. The van der Waals surface area contributed by atoms with Crippen molar-refractivity contribution in [1.29, 1.82) is 0 Å². The highest BCUT2D eigenvalue weighted by molar-refractivity contribution is 5.98. The summed E-state index contributed by atoms with van der Waals surface area (Å²) in [7, 11) is 0. The highest BCUT2D eigenvalue weighted by Gasteiger charge is 2.54. The zero-order chi connectivity index (χ0) is 16.8. The smallest absolute Gasteiger partial charge is 0.325 e. The Morgan fingerprint density at radius 1 is 0.652 bits per heavy atom. The fourth-order valence-corrected chi connectivity index (χ4v) is 3.37. The number of ether oxygens (including phenoxy) is 2. The number of rotatable bonds is 2. The average molecular weight is 328 g/mol. The molecule has 2 N–H and O–H groups in total. The summed E-state index contributed by atoms with van der Waals surface area (Å²) in [6, 6.07) is 0. The highest BCUT2D eigenvalue weighted by atomic mass is 16.7. The molecule has 1 aliphatic carbocycles. The van der Waals surface area contributed by atoms with E-state index >= 15 is 0 Å². The minimum Gasteiger partial charge on any atom is -0.480 e. The molecule has 2 aliphatic rings. The monoisotopic (exact) mass is 328 g/mol. The lowest BCUT2D eigenvalue weighted by atomic mass is 9.87. The molecule has 1 saturated heterocycles. The quantitative estimate of drug-likeness (QED) is 0.756. The van der Waals surface area contributed by atoms with Crippen LogP contribution in [0.25, 0.3) is 0 Å². The predicted molar refractivity (Wildman–Crippen MR) is 83.1 cm³/mol. The summed E-state index contributed by atoms with van der Waals surface area (Å²) in [5.41, 5.74) is -1.98. The Kier molecular flexibility index (Phi) is 6.41. The van der Waals surface area contributed by atoms with Gasteiger partial charge in [0.25, 0.3) is 0 Å². The van der Waals surface area contributed by atoms with Crippen LogP contribution in [0.15, 0.2) is 0 Å².